The van der Waals surface area contributed by atoms with Crippen molar-refractivity contribution < 1.29 is 9.59 Å². The van der Waals surface area contributed by atoms with Gasteiger partial charge in [-0.15, -0.1) is 11.6 Å². The van der Waals surface area contributed by atoms with Gasteiger partial charge in [0.1, 0.15) is 0 Å². The number of hydrogen-bond donors (Lipinski definition) is 1. The van der Waals surface area contributed by atoms with E-state index in [9.17, 15) is 9.59 Å². The van der Waals surface area contributed by atoms with Crippen LogP contribution < -0.4 is 5.32 Å². The van der Waals surface area contributed by atoms with E-state index in [-0.39, 0.29) is 29.4 Å². The van der Waals surface area contributed by atoms with Gasteiger partial charge in [-0.05, 0) is 19.3 Å². The van der Waals surface area contributed by atoms with Crippen molar-refractivity contribution in [1.29, 1.82) is 0 Å². The van der Waals surface area contributed by atoms with Crippen LogP contribution in [0.2, 0.25) is 0 Å². The van der Waals surface area contributed by atoms with Crippen molar-refractivity contribution in [2.24, 2.45) is 11.8 Å². The summed E-state index contributed by atoms with van der Waals surface area (Å²) in [5.41, 5.74) is 0. The second-order valence-electron chi connectivity index (χ2n) is 3.72. The van der Waals surface area contributed by atoms with Gasteiger partial charge in [0.15, 0.2) is 5.78 Å². The quantitative estimate of drug-likeness (QED) is 0.707. The molecule has 4 heteroatoms. The molecule has 1 amide bonds. The molecule has 0 saturated carbocycles. The Bertz CT molecular complexity index is 230. The molecule has 1 aliphatic heterocycles. The fraction of sp³-hybridized carbons (Fsp3) is 0.800. The molecule has 0 spiro atoms. The Kier molecular flexibility index (Phi) is 4.39. The predicted molar refractivity (Wildman–Crippen MR) is 55.2 cm³/mol. The first-order valence-electron chi connectivity index (χ1n) is 5.05. The SMILES string of the molecule is CC[C@@H](C[C@@H]1CCNC1=O)C(=O)CCl. The molecule has 1 N–H and O–H groups in total. The number of amides is 1. The summed E-state index contributed by atoms with van der Waals surface area (Å²) in [6.45, 7) is 2.71. The van der Waals surface area contributed by atoms with E-state index in [0.717, 1.165) is 19.4 Å². The number of rotatable bonds is 5. The van der Waals surface area contributed by atoms with Crippen molar-refractivity contribution in [3.8, 4) is 0 Å². The molecule has 1 heterocycles. The first-order chi connectivity index (χ1) is 6.69. The van der Waals surface area contributed by atoms with E-state index in [2.05, 4.69) is 5.32 Å². The molecular formula is C10H16ClNO2. The lowest BCUT2D eigenvalue weighted by molar-refractivity contribution is -0.124. The van der Waals surface area contributed by atoms with Crippen LogP contribution in [0.4, 0.5) is 0 Å². The highest BCUT2D eigenvalue weighted by Gasteiger charge is 2.28. The van der Waals surface area contributed by atoms with Crippen LogP contribution in [0.25, 0.3) is 0 Å². The summed E-state index contributed by atoms with van der Waals surface area (Å²) in [5.74, 6) is 0.195. The van der Waals surface area contributed by atoms with Crippen LogP contribution in [0.1, 0.15) is 26.2 Å². The first kappa shape index (κ1) is 11.5. The largest absolute Gasteiger partial charge is 0.356 e. The van der Waals surface area contributed by atoms with Gasteiger partial charge in [-0.2, -0.15) is 0 Å². The zero-order valence-corrected chi connectivity index (χ0v) is 9.14. The second-order valence-corrected chi connectivity index (χ2v) is 3.98. The number of nitrogens with one attached hydrogen (secondary N) is 1. The molecule has 0 aliphatic carbocycles. The number of carbonyl (C=O) groups is 2. The number of carbonyl (C=O) groups excluding carboxylic acids is 2. The summed E-state index contributed by atoms with van der Waals surface area (Å²) in [7, 11) is 0. The molecule has 1 rings (SSSR count). The number of alkyl halides is 1. The minimum Gasteiger partial charge on any atom is -0.356 e. The number of halogens is 1. The molecular weight excluding hydrogens is 202 g/mol. The summed E-state index contributed by atoms with van der Waals surface area (Å²) >= 11 is 5.50. The average molecular weight is 218 g/mol. The Hall–Kier alpha value is -0.570. The van der Waals surface area contributed by atoms with Crippen LogP contribution in [-0.2, 0) is 9.59 Å². The Morgan fingerprint density at radius 1 is 1.71 bits per heavy atom. The molecule has 0 unspecified atom stereocenters. The molecule has 80 valence electrons. The third-order valence-electron chi connectivity index (χ3n) is 2.81. The molecule has 2 atom stereocenters. The van der Waals surface area contributed by atoms with Gasteiger partial charge in [0.05, 0.1) is 5.88 Å². The zero-order valence-electron chi connectivity index (χ0n) is 8.38. The number of Topliss-reactive ketones (excluding diaryl/α,β-unsaturated/α-hetero) is 1. The van der Waals surface area contributed by atoms with Crippen LogP contribution in [0, 0.1) is 11.8 Å². The van der Waals surface area contributed by atoms with Gasteiger partial charge in [-0.25, -0.2) is 0 Å². The summed E-state index contributed by atoms with van der Waals surface area (Å²) in [6, 6.07) is 0. The van der Waals surface area contributed by atoms with Gasteiger partial charge in [0.25, 0.3) is 0 Å². The summed E-state index contributed by atoms with van der Waals surface area (Å²) in [6.07, 6.45) is 2.29. The highest BCUT2D eigenvalue weighted by molar-refractivity contribution is 6.27. The average Bonchev–Trinajstić information content (AvgIpc) is 2.59. The van der Waals surface area contributed by atoms with E-state index < -0.39 is 0 Å². The maximum absolute atomic E-state index is 11.4. The Labute approximate surface area is 89.2 Å². The van der Waals surface area contributed by atoms with Crippen molar-refractivity contribution in [2.45, 2.75) is 26.2 Å². The first-order valence-corrected chi connectivity index (χ1v) is 5.58. The van der Waals surface area contributed by atoms with Crippen LogP contribution in [-0.4, -0.2) is 24.1 Å². The van der Waals surface area contributed by atoms with Crippen molar-refractivity contribution in [3.05, 3.63) is 0 Å². The Morgan fingerprint density at radius 3 is 2.86 bits per heavy atom. The van der Waals surface area contributed by atoms with Gasteiger partial charge in [-0.3, -0.25) is 9.59 Å². The fourth-order valence-corrected chi connectivity index (χ4v) is 2.07. The lowest BCUT2D eigenvalue weighted by Crippen LogP contribution is -2.24. The van der Waals surface area contributed by atoms with E-state index in [1.165, 1.54) is 0 Å². The van der Waals surface area contributed by atoms with E-state index >= 15 is 0 Å². The Balaban J connectivity index is 2.47. The van der Waals surface area contributed by atoms with Crippen LogP contribution in [0.15, 0.2) is 0 Å². The topological polar surface area (TPSA) is 46.2 Å². The molecule has 0 aromatic heterocycles. The van der Waals surface area contributed by atoms with Gasteiger partial charge in [0, 0.05) is 18.4 Å². The van der Waals surface area contributed by atoms with E-state index in [4.69, 9.17) is 11.6 Å². The molecule has 0 aromatic carbocycles. The highest BCUT2D eigenvalue weighted by atomic mass is 35.5. The summed E-state index contributed by atoms with van der Waals surface area (Å²) in [4.78, 5) is 22.7. The number of ketones is 1. The van der Waals surface area contributed by atoms with Crippen LogP contribution in [0.3, 0.4) is 0 Å². The molecule has 0 bridgehead atoms. The molecule has 14 heavy (non-hydrogen) atoms. The van der Waals surface area contributed by atoms with Crippen LogP contribution >= 0.6 is 11.6 Å². The predicted octanol–water partition coefficient (Wildman–Crippen LogP) is 1.35. The molecule has 3 nitrogen and oxygen atoms in total. The van der Waals surface area contributed by atoms with E-state index in [1.54, 1.807) is 0 Å². The molecule has 1 fully saturated rings. The minimum atomic E-state index is -0.0404. The standard InChI is InChI=1S/C10H16ClNO2/c1-2-7(9(13)6-11)5-8-3-4-12-10(8)14/h7-8H,2-6H2,1H3,(H,12,14)/t7-,8-/m0/s1. The maximum atomic E-state index is 11.4. The molecule has 1 saturated heterocycles. The zero-order chi connectivity index (χ0) is 10.6. The Morgan fingerprint density at radius 2 is 2.43 bits per heavy atom. The fourth-order valence-electron chi connectivity index (χ4n) is 1.85. The minimum absolute atomic E-state index is 0.0205. The van der Waals surface area contributed by atoms with E-state index in [1.807, 2.05) is 6.92 Å². The molecule has 0 aromatic rings. The van der Waals surface area contributed by atoms with Crippen molar-refractivity contribution in [1.82, 2.24) is 5.32 Å². The summed E-state index contributed by atoms with van der Waals surface area (Å²) in [5, 5.41) is 2.77. The third-order valence-corrected chi connectivity index (χ3v) is 3.08. The van der Waals surface area contributed by atoms with Gasteiger partial charge < -0.3 is 5.32 Å². The van der Waals surface area contributed by atoms with Crippen molar-refractivity contribution >= 4 is 23.3 Å². The third kappa shape index (κ3) is 2.71. The maximum Gasteiger partial charge on any atom is 0.223 e. The van der Waals surface area contributed by atoms with Crippen molar-refractivity contribution in [2.75, 3.05) is 12.4 Å². The van der Waals surface area contributed by atoms with Crippen molar-refractivity contribution in [3.63, 3.8) is 0 Å². The second kappa shape index (κ2) is 5.35. The van der Waals surface area contributed by atoms with Crippen LogP contribution in [0.5, 0.6) is 0 Å². The molecule has 1 aliphatic rings. The van der Waals surface area contributed by atoms with Gasteiger partial charge in [0.2, 0.25) is 5.91 Å². The normalized spacial score (nSPS) is 23.3. The summed E-state index contributed by atoms with van der Waals surface area (Å²) < 4.78 is 0. The smallest absolute Gasteiger partial charge is 0.223 e. The lowest BCUT2D eigenvalue weighted by atomic mass is 9.89. The number of hydrogen-bond acceptors (Lipinski definition) is 2. The molecule has 0 radical (unpaired) electrons. The lowest BCUT2D eigenvalue weighted by Gasteiger charge is -2.14. The highest BCUT2D eigenvalue weighted by Crippen LogP contribution is 2.22. The van der Waals surface area contributed by atoms with E-state index in [0.29, 0.717) is 6.42 Å². The van der Waals surface area contributed by atoms with Gasteiger partial charge >= 0.3 is 0 Å². The van der Waals surface area contributed by atoms with Gasteiger partial charge in [-0.1, -0.05) is 6.92 Å². The monoisotopic (exact) mass is 217 g/mol.